The van der Waals surface area contributed by atoms with Gasteiger partial charge in [0.1, 0.15) is 0 Å². The van der Waals surface area contributed by atoms with Crippen molar-refractivity contribution in [1.29, 1.82) is 0 Å². The molecule has 0 amide bonds. The summed E-state index contributed by atoms with van der Waals surface area (Å²) in [5, 5.41) is 0. The fraction of sp³-hybridized carbons (Fsp3) is 0.188. The van der Waals surface area contributed by atoms with Crippen molar-refractivity contribution in [2.75, 3.05) is 0 Å². The summed E-state index contributed by atoms with van der Waals surface area (Å²) in [5.74, 6) is 0. The first-order chi connectivity index (χ1) is 8.81. The van der Waals surface area contributed by atoms with Crippen molar-refractivity contribution in [2.45, 2.75) is 30.1 Å². The Morgan fingerprint density at radius 3 is 2.39 bits per heavy atom. The second-order valence-corrected chi connectivity index (χ2v) is 5.14. The molecule has 0 aliphatic heterocycles. The molecular formula is C16H17NS. The van der Waals surface area contributed by atoms with Gasteiger partial charge in [-0.05, 0) is 37.1 Å². The second kappa shape index (κ2) is 6.41. The predicted octanol–water partition coefficient (Wildman–Crippen LogP) is 5.26. The van der Waals surface area contributed by atoms with Gasteiger partial charge in [-0.2, -0.15) is 0 Å². The summed E-state index contributed by atoms with van der Waals surface area (Å²) in [7, 11) is 0. The van der Waals surface area contributed by atoms with Crippen LogP contribution in [0.15, 0.2) is 63.3 Å². The van der Waals surface area contributed by atoms with E-state index in [0.717, 1.165) is 12.1 Å². The van der Waals surface area contributed by atoms with E-state index >= 15 is 0 Å². The van der Waals surface area contributed by atoms with E-state index in [2.05, 4.69) is 61.3 Å². The normalized spacial score (nSPS) is 11.0. The van der Waals surface area contributed by atoms with Crippen LogP contribution < -0.4 is 0 Å². The molecule has 0 aliphatic rings. The number of aliphatic imine (C=N–C) groups is 1. The molecular weight excluding hydrogens is 238 g/mol. The van der Waals surface area contributed by atoms with Crippen molar-refractivity contribution in [3.63, 3.8) is 0 Å². The maximum Gasteiger partial charge on any atom is 0.0765 e. The molecule has 0 atom stereocenters. The monoisotopic (exact) mass is 255 g/mol. The van der Waals surface area contributed by atoms with Crippen LogP contribution in [0.3, 0.4) is 0 Å². The quantitative estimate of drug-likeness (QED) is 0.679. The van der Waals surface area contributed by atoms with E-state index in [1.54, 1.807) is 11.8 Å². The van der Waals surface area contributed by atoms with Crippen LogP contribution in [0.5, 0.6) is 0 Å². The number of benzene rings is 2. The average molecular weight is 255 g/mol. The minimum Gasteiger partial charge on any atom is -0.260 e. The average Bonchev–Trinajstić information content (AvgIpc) is 2.40. The Balaban J connectivity index is 2.29. The first-order valence-electron chi connectivity index (χ1n) is 6.16. The largest absolute Gasteiger partial charge is 0.260 e. The lowest BCUT2D eigenvalue weighted by molar-refractivity contribution is 1.27. The topological polar surface area (TPSA) is 12.4 Å². The van der Waals surface area contributed by atoms with Gasteiger partial charge in [-0.15, -0.1) is 0 Å². The molecule has 0 fully saturated rings. The van der Waals surface area contributed by atoms with Gasteiger partial charge >= 0.3 is 0 Å². The summed E-state index contributed by atoms with van der Waals surface area (Å²) in [4.78, 5) is 7.00. The van der Waals surface area contributed by atoms with E-state index in [9.17, 15) is 0 Å². The van der Waals surface area contributed by atoms with Crippen molar-refractivity contribution in [3.05, 3.63) is 54.1 Å². The van der Waals surface area contributed by atoms with E-state index in [4.69, 9.17) is 0 Å². The molecule has 0 saturated carbocycles. The smallest absolute Gasteiger partial charge is 0.0765 e. The summed E-state index contributed by atoms with van der Waals surface area (Å²) in [6.45, 7) is 4.24. The van der Waals surface area contributed by atoms with E-state index in [-0.39, 0.29) is 0 Å². The highest BCUT2D eigenvalue weighted by Crippen LogP contribution is 2.36. The minimum atomic E-state index is 0.962. The Hall–Kier alpha value is -1.54. The molecule has 1 nitrogen and oxygen atoms in total. The lowest BCUT2D eigenvalue weighted by atomic mass is 10.2. The fourth-order valence-electron chi connectivity index (χ4n) is 1.63. The van der Waals surface area contributed by atoms with Crippen LogP contribution in [-0.2, 0) is 0 Å². The Labute approximate surface area is 113 Å². The molecule has 0 aliphatic carbocycles. The zero-order valence-electron chi connectivity index (χ0n) is 10.8. The molecule has 0 saturated heterocycles. The summed E-state index contributed by atoms with van der Waals surface area (Å²) in [5.41, 5.74) is 2.35. The van der Waals surface area contributed by atoms with Gasteiger partial charge in [-0.1, -0.05) is 49.0 Å². The van der Waals surface area contributed by atoms with Gasteiger partial charge in [0.05, 0.1) is 5.69 Å². The van der Waals surface area contributed by atoms with E-state index in [0.29, 0.717) is 0 Å². The van der Waals surface area contributed by atoms with Gasteiger partial charge in [-0.25, -0.2) is 0 Å². The third-order valence-electron chi connectivity index (χ3n) is 2.59. The Morgan fingerprint density at radius 2 is 1.67 bits per heavy atom. The lowest BCUT2D eigenvalue weighted by Gasteiger charge is -2.07. The van der Waals surface area contributed by atoms with Crippen LogP contribution in [0.4, 0.5) is 5.69 Å². The molecule has 2 heteroatoms. The van der Waals surface area contributed by atoms with E-state index < -0.39 is 0 Å². The van der Waals surface area contributed by atoms with E-state index in [1.165, 1.54) is 15.4 Å². The summed E-state index contributed by atoms with van der Waals surface area (Å²) < 4.78 is 0. The van der Waals surface area contributed by atoms with Crippen molar-refractivity contribution in [1.82, 2.24) is 0 Å². The van der Waals surface area contributed by atoms with Crippen LogP contribution in [0.1, 0.15) is 18.9 Å². The fourth-order valence-corrected chi connectivity index (χ4v) is 2.61. The Kier molecular flexibility index (Phi) is 4.59. The number of hydrogen-bond donors (Lipinski definition) is 0. The third-order valence-corrected chi connectivity index (χ3v) is 3.83. The minimum absolute atomic E-state index is 0.962. The molecule has 0 spiro atoms. The molecule has 0 bridgehead atoms. The standard InChI is InChI=1S/C16H17NS/c1-3-12-17-14-9-5-7-11-16(14)18-15-10-6-4-8-13(15)2/h4-12H,3H2,1-2H3. The summed E-state index contributed by atoms with van der Waals surface area (Å²) in [6.07, 6.45) is 2.92. The number of rotatable bonds is 4. The van der Waals surface area contributed by atoms with Gasteiger partial charge in [0.2, 0.25) is 0 Å². The summed E-state index contributed by atoms with van der Waals surface area (Å²) in [6, 6.07) is 16.7. The molecule has 92 valence electrons. The van der Waals surface area contributed by atoms with Crippen LogP contribution in [0, 0.1) is 6.92 Å². The van der Waals surface area contributed by atoms with E-state index in [1.807, 2.05) is 12.3 Å². The van der Waals surface area contributed by atoms with Crippen LogP contribution in [-0.4, -0.2) is 6.21 Å². The van der Waals surface area contributed by atoms with Gasteiger partial charge in [0.15, 0.2) is 0 Å². The van der Waals surface area contributed by atoms with Gasteiger partial charge in [0.25, 0.3) is 0 Å². The number of para-hydroxylation sites is 1. The molecule has 0 radical (unpaired) electrons. The molecule has 0 N–H and O–H groups in total. The molecule has 2 aromatic carbocycles. The number of aryl methyl sites for hydroxylation is 1. The second-order valence-electron chi connectivity index (χ2n) is 4.06. The van der Waals surface area contributed by atoms with Gasteiger partial charge < -0.3 is 0 Å². The highest BCUT2D eigenvalue weighted by atomic mass is 32.2. The van der Waals surface area contributed by atoms with Crippen molar-refractivity contribution >= 4 is 23.7 Å². The van der Waals surface area contributed by atoms with Crippen molar-refractivity contribution in [3.8, 4) is 0 Å². The first-order valence-corrected chi connectivity index (χ1v) is 6.98. The van der Waals surface area contributed by atoms with Gasteiger partial charge in [0, 0.05) is 16.0 Å². The maximum atomic E-state index is 4.50. The molecule has 0 aromatic heterocycles. The Bertz CT molecular complexity index is 546. The first kappa shape index (κ1) is 12.9. The maximum absolute atomic E-state index is 4.50. The van der Waals surface area contributed by atoms with Crippen molar-refractivity contribution < 1.29 is 0 Å². The van der Waals surface area contributed by atoms with Crippen LogP contribution in [0.25, 0.3) is 0 Å². The number of hydrogen-bond acceptors (Lipinski definition) is 2. The van der Waals surface area contributed by atoms with Gasteiger partial charge in [-0.3, -0.25) is 4.99 Å². The van der Waals surface area contributed by atoms with Crippen LogP contribution in [0.2, 0.25) is 0 Å². The molecule has 0 heterocycles. The van der Waals surface area contributed by atoms with Crippen LogP contribution >= 0.6 is 11.8 Å². The summed E-state index contributed by atoms with van der Waals surface area (Å²) >= 11 is 1.78. The number of nitrogens with zero attached hydrogens (tertiary/aromatic N) is 1. The molecule has 2 rings (SSSR count). The predicted molar refractivity (Wildman–Crippen MR) is 80.2 cm³/mol. The zero-order chi connectivity index (χ0) is 12.8. The SMILES string of the molecule is CCC=Nc1ccccc1Sc1ccccc1C. The third kappa shape index (κ3) is 3.23. The Morgan fingerprint density at radius 1 is 1.00 bits per heavy atom. The highest BCUT2D eigenvalue weighted by Gasteiger charge is 2.04. The molecule has 0 unspecified atom stereocenters. The zero-order valence-corrected chi connectivity index (χ0v) is 11.6. The molecule has 18 heavy (non-hydrogen) atoms. The lowest BCUT2D eigenvalue weighted by Crippen LogP contribution is -1.80. The van der Waals surface area contributed by atoms with Crippen molar-refractivity contribution in [2.24, 2.45) is 4.99 Å². The molecule has 2 aromatic rings. The highest BCUT2D eigenvalue weighted by molar-refractivity contribution is 7.99.